The largest absolute Gasteiger partial charge is 0.481 e. The lowest BCUT2D eigenvalue weighted by molar-refractivity contribution is -0.143. The Labute approximate surface area is 85.7 Å². The van der Waals surface area contributed by atoms with Crippen LogP contribution in [0.3, 0.4) is 0 Å². The lowest BCUT2D eigenvalue weighted by atomic mass is 9.63. The highest BCUT2D eigenvalue weighted by atomic mass is 16.4. The third-order valence-electron chi connectivity index (χ3n) is 4.31. The fourth-order valence-electron chi connectivity index (χ4n) is 3.28. The number of hydrogen-bond donors (Lipinski definition) is 1. The van der Waals surface area contributed by atoms with Gasteiger partial charge in [-0.3, -0.25) is 4.79 Å². The van der Waals surface area contributed by atoms with E-state index in [1.54, 1.807) is 0 Å². The molecule has 2 aliphatic carbocycles. The molecule has 0 aromatic rings. The summed E-state index contributed by atoms with van der Waals surface area (Å²) in [7, 11) is 0. The van der Waals surface area contributed by atoms with E-state index in [4.69, 9.17) is 5.11 Å². The Kier molecular flexibility index (Phi) is 2.80. The monoisotopic (exact) mass is 196 g/mol. The van der Waals surface area contributed by atoms with E-state index < -0.39 is 5.97 Å². The van der Waals surface area contributed by atoms with Crippen LogP contribution in [0.4, 0.5) is 0 Å². The van der Waals surface area contributed by atoms with Crippen molar-refractivity contribution < 1.29 is 9.90 Å². The third kappa shape index (κ3) is 1.94. The molecule has 2 saturated carbocycles. The first-order valence-electron chi connectivity index (χ1n) is 5.95. The number of hydrogen-bond acceptors (Lipinski definition) is 1. The zero-order valence-electron chi connectivity index (χ0n) is 8.80. The van der Waals surface area contributed by atoms with Crippen molar-refractivity contribution in [3.8, 4) is 0 Å². The van der Waals surface area contributed by atoms with Gasteiger partial charge in [0.15, 0.2) is 0 Å². The van der Waals surface area contributed by atoms with E-state index in [9.17, 15) is 4.79 Å². The lowest BCUT2D eigenvalue weighted by Crippen LogP contribution is -2.32. The van der Waals surface area contributed by atoms with Gasteiger partial charge in [0.1, 0.15) is 0 Å². The molecule has 0 amide bonds. The SMILES string of the molecule is O=C(O)C1CCC2(CCCCC2)CC1. The Hall–Kier alpha value is -0.530. The second kappa shape index (κ2) is 3.92. The molecule has 0 aromatic carbocycles. The van der Waals surface area contributed by atoms with Crippen LogP contribution >= 0.6 is 0 Å². The van der Waals surface area contributed by atoms with E-state index >= 15 is 0 Å². The molecule has 0 aromatic heterocycles. The van der Waals surface area contributed by atoms with Gasteiger partial charge in [-0.2, -0.15) is 0 Å². The van der Waals surface area contributed by atoms with Crippen molar-refractivity contribution in [2.75, 3.05) is 0 Å². The summed E-state index contributed by atoms with van der Waals surface area (Å²) in [5.74, 6) is -0.613. The second-order valence-corrected chi connectivity index (χ2v) is 5.17. The molecule has 0 aliphatic heterocycles. The van der Waals surface area contributed by atoms with Crippen molar-refractivity contribution in [3.05, 3.63) is 0 Å². The summed E-state index contributed by atoms with van der Waals surface area (Å²) in [6, 6.07) is 0. The molecule has 14 heavy (non-hydrogen) atoms. The molecule has 0 atom stereocenters. The van der Waals surface area contributed by atoms with Crippen LogP contribution in [0.15, 0.2) is 0 Å². The summed E-state index contributed by atoms with van der Waals surface area (Å²) < 4.78 is 0. The number of carboxylic acids is 1. The van der Waals surface area contributed by atoms with Crippen molar-refractivity contribution in [2.24, 2.45) is 11.3 Å². The average Bonchev–Trinajstić information content (AvgIpc) is 2.19. The molecule has 2 rings (SSSR count). The Morgan fingerprint density at radius 2 is 1.57 bits per heavy atom. The average molecular weight is 196 g/mol. The van der Waals surface area contributed by atoms with Gasteiger partial charge in [0.05, 0.1) is 5.92 Å². The normalized spacial score (nSPS) is 27.7. The van der Waals surface area contributed by atoms with Gasteiger partial charge in [-0.15, -0.1) is 0 Å². The summed E-state index contributed by atoms with van der Waals surface area (Å²) in [5.41, 5.74) is 0.560. The van der Waals surface area contributed by atoms with E-state index in [-0.39, 0.29) is 5.92 Å². The first-order chi connectivity index (χ1) is 6.72. The quantitative estimate of drug-likeness (QED) is 0.699. The van der Waals surface area contributed by atoms with Gasteiger partial charge in [-0.25, -0.2) is 0 Å². The molecule has 2 heteroatoms. The minimum atomic E-state index is -0.573. The molecule has 0 radical (unpaired) electrons. The summed E-state index contributed by atoms with van der Waals surface area (Å²) in [6.07, 6.45) is 11.1. The highest BCUT2D eigenvalue weighted by Gasteiger charge is 2.37. The zero-order valence-corrected chi connectivity index (χ0v) is 8.80. The van der Waals surface area contributed by atoms with Crippen LogP contribution in [-0.4, -0.2) is 11.1 Å². The molecule has 2 fully saturated rings. The van der Waals surface area contributed by atoms with Gasteiger partial charge >= 0.3 is 5.97 Å². The van der Waals surface area contributed by atoms with Gasteiger partial charge in [0.2, 0.25) is 0 Å². The molecule has 0 saturated heterocycles. The van der Waals surface area contributed by atoms with E-state index in [1.165, 1.54) is 44.9 Å². The summed E-state index contributed by atoms with van der Waals surface area (Å²) >= 11 is 0. The Morgan fingerprint density at radius 1 is 1.00 bits per heavy atom. The molecule has 0 heterocycles. The highest BCUT2D eigenvalue weighted by Crippen LogP contribution is 2.48. The zero-order chi connectivity index (χ0) is 10.0. The second-order valence-electron chi connectivity index (χ2n) is 5.17. The van der Waals surface area contributed by atoms with Crippen LogP contribution in [0, 0.1) is 11.3 Å². The lowest BCUT2D eigenvalue weighted by Gasteiger charge is -2.42. The van der Waals surface area contributed by atoms with Crippen LogP contribution in [0.25, 0.3) is 0 Å². The first-order valence-corrected chi connectivity index (χ1v) is 5.95. The van der Waals surface area contributed by atoms with Crippen molar-refractivity contribution in [1.82, 2.24) is 0 Å². The molecule has 0 bridgehead atoms. The maximum atomic E-state index is 10.8. The highest BCUT2D eigenvalue weighted by molar-refractivity contribution is 5.70. The first kappa shape index (κ1) is 10.0. The molecule has 1 spiro atoms. The maximum Gasteiger partial charge on any atom is 0.306 e. The van der Waals surface area contributed by atoms with Gasteiger partial charge in [0, 0.05) is 0 Å². The van der Waals surface area contributed by atoms with Gasteiger partial charge in [-0.05, 0) is 43.9 Å². The Morgan fingerprint density at radius 3 is 2.07 bits per heavy atom. The predicted octanol–water partition coefficient (Wildman–Crippen LogP) is 3.21. The van der Waals surface area contributed by atoms with Crippen molar-refractivity contribution in [2.45, 2.75) is 57.8 Å². The van der Waals surface area contributed by atoms with Gasteiger partial charge in [0.25, 0.3) is 0 Å². The Balaban J connectivity index is 1.90. The van der Waals surface area contributed by atoms with Crippen LogP contribution in [-0.2, 0) is 4.79 Å². The van der Waals surface area contributed by atoms with E-state index in [0.29, 0.717) is 5.41 Å². The molecular formula is C12H20O2. The summed E-state index contributed by atoms with van der Waals surface area (Å²) in [6.45, 7) is 0. The third-order valence-corrected chi connectivity index (χ3v) is 4.31. The molecule has 2 nitrogen and oxygen atoms in total. The standard InChI is InChI=1S/C12H20O2/c13-11(14)10-4-8-12(9-5-10)6-2-1-3-7-12/h10H,1-9H2,(H,13,14). The molecule has 2 aliphatic rings. The van der Waals surface area contributed by atoms with Crippen LogP contribution in [0.5, 0.6) is 0 Å². The molecule has 0 unspecified atom stereocenters. The summed E-state index contributed by atoms with van der Waals surface area (Å²) in [5, 5.41) is 8.93. The van der Waals surface area contributed by atoms with Crippen molar-refractivity contribution in [1.29, 1.82) is 0 Å². The minimum Gasteiger partial charge on any atom is -0.481 e. The minimum absolute atomic E-state index is 0.0393. The molecular weight excluding hydrogens is 176 g/mol. The van der Waals surface area contributed by atoms with Crippen LogP contribution in [0.1, 0.15) is 57.8 Å². The topological polar surface area (TPSA) is 37.3 Å². The number of rotatable bonds is 1. The van der Waals surface area contributed by atoms with Crippen molar-refractivity contribution in [3.63, 3.8) is 0 Å². The summed E-state index contributed by atoms with van der Waals surface area (Å²) in [4.78, 5) is 10.8. The maximum absolute atomic E-state index is 10.8. The predicted molar refractivity (Wildman–Crippen MR) is 55.1 cm³/mol. The number of aliphatic carboxylic acids is 1. The number of carbonyl (C=O) groups is 1. The van der Waals surface area contributed by atoms with Crippen molar-refractivity contribution >= 4 is 5.97 Å². The number of carboxylic acid groups (broad SMARTS) is 1. The van der Waals surface area contributed by atoms with E-state index in [1.807, 2.05) is 0 Å². The van der Waals surface area contributed by atoms with Crippen LogP contribution < -0.4 is 0 Å². The van der Waals surface area contributed by atoms with E-state index in [2.05, 4.69) is 0 Å². The fourth-order valence-corrected chi connectivity index (χ4v) is 3.28. The fraction of sp³-hybridized carbons (Fsp3) is 0.917. The molecule has 80 valence electrons. The smallest absolute Gasteiger partial charge is 0.306 e. The van der Waals surface area contributed by atoms with Crippen LogP contribution in [0.2, 0.25) is 0 Å². The van der Waals surface area contributed by atoms with E-state index in [0.717, 1.165) is 12.8 Å². The molecule has 1 N–H and O–H groups in total. The van der Waals surface area contributed by atoms with Gasteiger partial charge in [-0.1, -0.05) is 19.3 Å². The Bertz CT molecular complexity index is 206. The van der Waals surface area contributed by atoms with Gasteiger partial charge < -0.3 is 5.11 Å².